The van der Waals surface area contributed by atoms with Crippen molar-refractivity contribution in [1.82, 2.24) is 19.5 Å². The monoisotopic (exact) mass is 804 g/mol. The molecule has 0 unspecified atom stereocenters. The van der Waals surface area contributed by atoms with Crippen LogP contribution in [0.3, 0.4) is 0 Å². The van der Waals surface area contributed by atoms with Crippen molar-refractivity contribution in [2.24, 2.45) is 0 Å². The molecule has 0 bridgehead atoms. The lowest BCUT2D eigenvalue weighted by Crippen LogP contribution is -2.17. The Morgan fingerprint density at radius 1 is 0.417 bits per heavy atom. The Labute approximate surface area is 357 Å². The smallest absolute Gasteiger partial charge is 0.164 e. The lowest BCUT2D eigenvalue weighted by atomic mass is 9.81. The molecule has 2 aliphatic rings. The van der Waals surface area contributed by atoms with E-state index in [0.717, 1.165) is 22.4 Å². The highest BCUT2D eigenvalue weighted by molar-refractivity contribution is 8.05. The number of hydrogen-bond donors (Lipinski definition) is 0. The first kappa shape index (κ1) is 35.2. The molecule has 0 atom stereocenters. The summed E-state index contributed by atoms with van der Waals surface area (Å²) in [7, 11) is 0. The van der Waals surface area contributed by atoms with Gasteiger partial charge >= 0.3 is 0 Å². The minimum atomic E-state index is -0.133. The highest BCUT2D eigenvalue weighted by Gasteiger charge is 2.40. The van der Waals surface area contributed by atoms with Crippen LogP contribution in [0.1, 0.15) is 25.0 Å². The topological polar surface area (TPSA) is 43.6 Å². The van der Waals surface area contributed by atoms with Gasteiger partial charge in [0.05, 0.1) is 11.0 Å². The van der Waals surface area contributed by atoms with Crippen molar-refractivity contribution >= 4 is 45.3 Å². The molecule has 1 aliphatic carbocycles. The van der Waals surface area contributed by atoms with Gasteiger partial charge in [-0.15, -0.1) is 0 Å². The van der Waals surface area contributed by atoms with Gasteiger partial charge in [0.1, 0.15) is 0 Å². The summed E-state index contributed by atoms with van der Waals surface area (Å²) in [4.78, 5) is 20.3. The van der Waals surface area contributed by atoms with Gasteiger partial charge in [0.25, 0.3) is 0 Å². The van der Waals surface area contributed by atoms with E-state index in [-0.39, 0.29) is 5.41 Å². The van der Waals surface area contributed by atoms with Crippen molar-refractivity contribution in [3.05, 3.63) is 193 Å². The lowest BCUT2D eigenvalue weighted by Gasteiger charge is -2.28. The molecule has 0 saturated heterocycles. The summed E-state index contributed by atoms with van der Waals surface area (Å²) in [6.45, 7) is 4.81. The third-order valence-electron chi connectivity index (χ3n) is 12.1. The average Bonchev–Trinajstić information content (AvgIpc) is 3.76. The molecule has 284 valence electrons. The zero-order chi connectivity index (χ0) is 40.0. The number of benzene rings is 8. The molecule has 0 amide bonds. The van der Waals surface area contributed by atoms with Gasteiger partial charge in [0.15, 0.2) is 17.5 Å². The van der Waals surface area contributed by atoms with E-state index in [1.165, 1.54) is 74.8 Å². The van der Waals surface area contributed by atoms with E-state index in [2.05, 4.69) is 140 Å². The van der Waals surface area contributed by atoms with Crippen LogP contribution in [-0.4, -0.2) is 19.5 Å². The molecule has 8 aromatic carbocycles. The maximum Gasteiger partial charge on any atom is 0.164 e. The van der Waals surface area contributed by atoms with Crippen LogP contribution in [0, 0.1) is 0 Å². The van der Waals surface area contributed by atoms with Crippen LogP contribution in [0.2, 0.25) is 0 Å². The molecule has 6 heteroatoms. The second kappa shape index (κ2) is 13.7. The first-order chi connectivity index (χ1) is 29.5. The van der Waals surface area contributed by atoms with Crippen molar-refractivity contribution in [2.45, 2.75) is 38.8 Å². The number of rotatable bonds is 5. The van der Waals surface area contributed by atoms with E-state index in [9.17, 15) is 0 Å². The van der Waals surface area contributed by atoms with E-state index in [1.54, 1.807) is 0 Å². The van der Waals surface area contributed by atoms with Crippen LogP contribution >= 0.6 is 23.5 Å². The molecule has 4 nitrogen and oxygen atoms in total. The van der Waals surface area contributed by atoms with Crippen LogP contribution in [0.15, 0.2) is 202 Å². The standard InChI is InChI=1S/C54H36N4S2/c1-54(2)43-32-37(23-27-39(43)41-28-30-48-50(49(41)54)60-47-20-12-11-19-46(47)59-48)36-24-29-45-42(31-36)40-17-9-10-18-44(40)58(45)38-25-21-35(22-26-38)53-56-51(33-13-5-3-6-14-33)55-52(57-53)34-15-7-4-8-16-34/h3-32H,1-2H3. The van der Waals surface area contributed by atoms with Gasteiger partial charge in [-0.25, -0.2) is 15.0 Å². The van der Waals surface area contributed by atoms with Crippen LogP contribution in [0.25, 0.3) is 83.9 Å². The number of aromatic nitrogens is 4. The largest absolute Gasteiger partial charge is 0.309 e. The maximum absolute atomic E-state index is 4.97. The molecule has 12 rings (SSSR count). The van der Waals surface area contributed by atoms with Crippen molar-refractivity contribution in [3.63, 3.8) is 0 Å². The summed E-state index contributed by atoms with van der Waals surface area (Å²) in [6.07, 6.45) is 0. The van der Waals surface area contributed by atoms with Gasteiger partial charge < -0.3 is 4.57 Å². The zero-order valence-corrected chi connectivity index (χ0v) is 34.6. The molecule has 0 radical (unpaired) electrons. The third-order valence-corrected chi connectivity index (χ3v) is 14.7. The fourth-order valence-electron chi connectivity index (χ4n) is 9.18. The highest BCUT2D eigenvalue weighted by atomic mass is 32.2. The molecule has 3 heterocycles. The summed E-state index contributed by atoms with van der Waals surface area (Å²) < 4.78 is 2.37. The molecule has 1 aliphatic heterocycles. The van der Waals surface area contributed by atoms with Crippen molar-refractivity contribution < 1.29 is 0 Å². The lowest BCUT2D eigenvalue weighted by molar-refractivity contribution is 0.642. The van der Waals surface area contributed by atoms with Gasteiger partial charge in [-0.2, -0.15) is 0 Å². The molecule has 2 aromatic heterocycles. The maximum atomic E-state index is 4.97. The predicted octanol–water partition coefficient (Wildman–Crippen LogP) is 14.6. The highest BCUT2D eigenvalue weighted by Crippen LogP contribution is 2.59. The fourth-order valence-corrected chi connectivity index (χ4v) is 11.7. The molecular weight excluding hydrogens is 769 g/mol. The van der Waals surface area contributed by atoms with Gasteiger partial charge in [0.2, 0.25) is 0 Å². The second-order valence-corrected chi connectivity index (χ2v) is 18.2. The minimum absolute atomic E-state index is 0.133. The third kappa shape index (κ3) is 5.59. The van der Waals surface area contributed by atoms with Crippen molar-refractivity contribution in [3.8, 4) is 62.1 Å². The van der Waals surface area contributed by atoms with Crippen LogP contribution < -0.4 is 0 Å². The number of nitrogens with zero attached hydrogens (tertiary/aromatic N) is 4. The first-order valence-electron chi connectivity index (χ1n) is 20.3. The molecule has 0 fully saturated rings. The second-order valence-electron chi connectivity index (χ2n) is 16.0. The molecule has 0 saturated carbocycles. The summed E-state index contributed by atoms with van der Waals surface area (Å²) in [5, 5.41) is 2.46. The van der Waals surface area contributed by atoms with Crippen molar-refractivity contribution in [1.29, 1.82) is 0 Å². The molecule has 60 heavy (non-hydrogen) atoms. The fraction of sp³-hybridized carbons (Fsp3) is 0.0556. The first-order valence-corrected chi connectivity index (χ1v) is 21.9. The van der Waals surface area contributed by atoms with E-state index < -0.39 is 0 Å². The number of para-hydroxylation sites is 1. The van der Waals surface area contributed by atoms with Crippen LogP contribution in [0.4, 0.5) is 0 Å². The Morgan fingerprint density at radius 2 is 0.950 bits per heavy atom. The Balaban J connectivity index is 0.918. The SMILES string of the molecule is CC1(C)c2cc(-c3ccc4c(c3)c3ccccc3n4-c3ccc(-c4nc(-c5ccccc5)nc(-c5ccccc5)n4)cc3)ccc2-c2ccc3c(c21)Sc1ccccc1S3. The van der Waals surface area contributed by atoms with E-state index in [1.807, 2.05) is 84.2 Å². The Hall–Kier alpha value is -6.73. The quantitative estimate of drug-likeness (QED) is 0.173. The zero-order valence-electron chi connectivity index (χ0n) is 32.9. The summed E-state index contributed by atoms with van der Waals surface area (Å²) in [5.41, 5.74) is 14.1. The Kier molecular flexibility index (Phi) is 8.03. The predicted molar refractivity (Wildman–Crippen MR) is 248 cm³/mol. The summed E-state index contributed by atoms with van der Waals surface area (Å²) in [6, 6.07) is 65.1. The van der Waals surface area contributed by atoms with Gasteiger partial charge in [-0.1, -0.05) is 153 Å². The van der Waals surface area contributed by atoms with Gasteiger partial charge in [-0.3, -0.25) is 0 Å². The number of fused-ring (bicyclic) bond motifs is 9. The average molecular weight is 805 g/mol. The van der Waals surface area contributed by atoms with Crippen molar-refractivity contribution in [2.75, 3.05) is 0 Å². The molecule has 0 spiro atoms. The van der Waals surface area contributed by atoms with E-state index in [4.69, 9.17) is 15.0 Å². The molecule has 0 N–H and O–H groups in total. The normalized spacial score (nSPS) is 13.5. The Bertz CT molecular complexity index is 3280. The Morgan fingerprint density at radius 3 is 1.65 bits per heavy atom. The van der Waals surface area contributed by atoms with Crippen LogP contribution in [-0.2, 0) is 5.41 Å². The number of hydrogen-bond acceptors (Lipinski definition) is 5. The van der Waals surface area contributed by atoms with Gasteiger partial charge in [0, 0.05) is 58.1 Å². The summed E-state index contributed by atoms with van der Waals surface area (Å²) in [5.74, 6) is 1.95. The van der Waals surface area contributed by atoms with E-state index in [0.29, 0.717) is 17.5 Å². The van der Waals surface area contributed by atoms with Gasteiger partial charge in [-0.05, 0) is 100 Å². The van der Waals surface area contributed by atoms with Crippen LogP contribution in [0.5, 0.6) is 0 Å². The molecular formula is C54H36N4S2. The van der Waals surface area contributed by atoms with E-state index >= 15 is 0 Å². The minimum Gasteiger partial charge on any atom is -0.309 e. The summed E-state index contributed by atoms with van der Waals surface area (Å²) >= 11 is 3.83. The molecule has 10 aromatic rings.